The lowest BCUT2D eigenvalue weighted by Gasteiger charge is -2.02. The van der Waals surface area contributed by atoms with Gasteiger partial charge in [0.15, 0.2) is 4.21 Å². The molecule has 0 aliphatic heterocycles. The molecule has 7 nitrogen and oxygen atoms in total. The van der Waals surface area contributed by atoms with Crippen molar-refractivity contribution in [2.24, 2.45) is 0 Å². The quantitative estimate of drug-likeness (QED) is 0.753. The first-order valence-electron chi connectivity index (χ1n) is 5.34. The van der Waals surface area contributed by atoms with Crippen LogP contribution in [-0.2, 0) is 16.4 Å². The Bertz CT molecular complexity index is 590. The molecule has 2 N–H and O–H groups in total. The van der Waals surface area contributed by atoms with Crippen LogP contribution in [-0.4, -0.2) is 35.1 Å². The van der Waals surface area contributed by atoms with Crippen LogP contribution < -0.4 is 4.72 Å². The molecular formula is C9H13N5O2S2. The molecule has 0 bridgehead atoms. The van der Waals surface area contributed by atoms with Gasteiger partial charge in [-0.15, -0.1) is 11.3 Å². The summed E-state index contributed by atoms with van der Waals surface area (Å²) in [6.07, 6.45) is 4.12. The highest BCUT2D eigenvalue weighted by Gasteiger charge is 2.16. The fourth-order valence-electron chi connectivity index (χ4n) is 1.35. The average Bonchev–Trinajstić information content (AvgIpc) is 2.95. The number of aryl methyl sites for hydroxylation is 2. The van der Waals surface area contributed by atoms with Crippen LogP contribution in [0, 0.1) is 6.92 Å². The average molecular weight is 287 g/mol. The first kappa shape index (κ1) is 13.1. The molecule has 2 rings (SSSR count). The molecule has 2 heterocycles. The van der Waals surface area contributed by atoms with Gasteiger partial charge in [-0.05, 0) is 13.3 Å². The third-order valence-electron chi connectivity index (χ3n) is 2.21. The van der Waals surface area contributed by atoms with Crippen LogP contribution >= 0.6 is 11.3 Å². The van der Waals surface area contributed by atoms with Crippen molar-refractivity contribution in [2.45, 2.75) is 24.0 Å². The monoisotopic (exact) mass is 287 g/mol. The summed E-state index contributed by atoms with van der Waals surface area (Å²) in [4.78, 5) is 7.89. The molecule has 0 spiro atoms. The van der Waals surface area contributed by atoms with Crippen LogP contribution in [0.2, 0.25) is 0 Å². The van der Waals surface area contributed by atoms with E-state index >= 15 is 0 Å². The molecule has 98 valence electrons. The Balaban J connectivity index is 1.82. The molecule has 0 radical (unpaired) electrons. The number of hydrogen-bond donors (Lipinski definition) is 2. The van der Waals surface area contributed by atoms with Gasteiger partial charge in [0.25, 0.3) is 10.0 Å². The molecule has 0 amide bonds. The van der Waals surface area contributed by atoms with Gasteiger partial charge in [0.2, 0.25) is 0 Å². The highest BCUT2D eigenvalue weighted by Crippen LogP contribution is 2.17. The maximum absolute atomic E-state index is 11.8. The van der Waals surface area contributed by atoms with Gasteiger partial charge >= 0.3 is 0 Å². The molecule has 0 atom stereocenters. The second-order valence-corrected chi connectivity index (χ2v) is 6.86. The maximum atomic E-state index is 11.8. The molecule has 0 fully saturated rings. The number of nitrogens with zero attached hydrogens (tertiary/aromatic N) is 3. The molecule has 0 unspecified atom stereocenters. The van der Waals surface area contributed by atoms with Crippen molar-refractivity contribution in [3.05, 3.63) is 23.4 Å². The maximum Gasteiger partial charge on any atom is 0.251 e. The summed E-state index contributed by atoms with van der Waals surface area (Å²) < 4.78 is 26.4. The minimum absolute atomic E-state index is 0.250. The summed E-state index contributed by atoms with van der Waals surface area (Å²) in [7, 11) is -3.42. The van der Waals surface area contributed by atoms with Crippen molar-refractivity contribution in [3.63, 3.8) is 0 Å². The van der Waals surface area contributed by atoms with Crippen molar-refractivity contribution in [1.29, 1.82) is 0 Å². The lowest BCUT2D eigenvalue weighted by atomic mass is 10.3. The lowest BCUT2D eigenvalue weighted by molar-refractivity contribution is 0.580. The van der Waals surface area contributed by atoms with Crippen LogP contribution in [0.25, 0.3) is 0 Å². The van der Waals surface area contributed by atoms with E-state index in [1.807, 2.05) is 0 Å². The lowest BCUT2D eigenvalue weighted by Crippen LogP contribution is -2.24. The van der Waals surface area contributed by atoms with E-state index in [4.69, 9.17) is 0 Å². The number of rotatable bonds is 6. The summed E-state index contributed by atoms with van der Waals surface area (Å²) in [6, 6.07) is 0. The topological polar surface area (TPSA) is 101 Å². The normalized spacial score (nSPS) is 11.8. The van der Waals surface area contributed by atoms with Crippen molar-refractivity contribution in [1.82, 2.24) is 24.9 Å². The van der Waals surface area contributed by atoms with E-state index in [1.54, 1.807) is 6.92 Å². The zero-order valence-electron chi connectivity index (χ0n) is 9.75. The molecule has 0 aliphatic rings. The summed E-state index contributed by atoms with van der Waals surface area (Å²) in [5.41, 5.74) is 0. The molecule has 18 heavy (non-hydrogen) atoms. The summed E-state index contributed by atoms with van der Waals surface area (Å²) in [5.74, 6) is 0.753. The van der Waals surface area contributed by atoms with Crippen LogP contribution in [0.4, 0.5) is 0 Å². The number of nitrogens with one attached hydrogen (secondary N) is 2. The van der Waals surface area contributed by atoms with Crippen molar-refractivity contribution in [2.75, 3.05) is 6.54 Å². The van der Waals surface area contributed by atoms with Gasteiger partial charge < -0.3 is 0 Å². The summed E-state index contributed by atoms with van der Waals surface area (Å²) in [5, 5.41) is 7.18. The van der Waals surface area contributed by atoms with E-state index in [2.05, 4.69) is 24.9 Å². The number of hydrogen-bond acceptors (Lipinski definition) is 6. The Morgan fingerprint density at radius 2 is 2.28 bits per heavy atom. The van der Waals surface area contributed by atoms with E-state index in [0.29, 0.717) is 19.4 Å². The van der Waals surface area contributed by atoms with Crippen molar-refractivity contribution < 1.29 is 8.42 Å². The van der Waals surface area contributed by atoms with E-state index in [9.17, 15) is 8.42 Å². The van der Waals surface area contributed by atoms with Gasteiger partial charge in [-0.3, -0.25) is 5.10 Å². The van der Waals surface area contributed by atoms with Gasteiger partial charge in [0.05, 0.1) is 11.2 Å². The third-order valence-corrected chi connectivity index (χ3v) is 5.05. The van der Waals surface area contributed by atoms with Crippen molar-refractivity contribution >= 4 is 21.4 Å². The standard InChI is InChI=1S/C9H13N5O2S2/c1-7-10-5-9(17-7)18(15,16)13-4-2-3-8-11-6-12-14-8/h5-6,13H,2-4H2,1H3,(H,11,12,14). The predicted octanol–water partition coefficient (Wildman–Crippen LogP) is 0.481. The van der Waals surface area contributed by atoms with E-state index in [1.165, 1.54) is 12.5 Å². The number of aromatic nitrogens is 4. The Morgan fingerprint density at radius 3 is 2.89 bits per heavy atom. The highest BCUT2D eigenvalue weighted by atomic mass is 32.2. The van der Waals surface area contributed by atoms with Gasteiger partial charge in [-0.1, -0.05) is 0 Å². The Hall–Kier alpha value is -1.32. The molecule has 2 aromatic rings. The molecule has 0 saturated carbocycles. The Morgan fingerprint density at radius 1 is 1.44 bits per heavy atom. The zero-order chi connectivity index (χ0) is 13.0. The first-order chi connectivity index (χ1) is 8.58. The predicted molar refractivity (Wildman–Crippen MR) is 66.7 cm³/mol. The molecule has 0 saturated heterocycles. The fraction of sp³-hybridized carbons (Fsp3) is 0.444. The van der Waals surface area contributed by atoms with Gasteiger partial charge in [0, 0.05) is 13.0 Å². The van der Waals surface area contributed by atoms with Gasteiger partial charge in [-0.2, -0.15) is 5.10 Å². The SMILES string of the molecule is Cc1ncc(S(=O)(=O)NCCCc2ncn[nH]2)s1. The second kappa shape index (κ2) is 5.55. The minimum atomic E-state index is -3.42. The second-order valence-electron chi connectivity index (χ2n) is 3.63. The summed E-state index contributed by atoms with van der Waals surface area (Å²) in [6.45, 7) is 2.13. The first-order valence-corrected chi connectivity index (χ1v) is 7.64. The van der Waals surface area contributed by atoms with Crippen molar-refractivity contribution in [3.8, 4) is 0 Å². The van der Waals surface area contributed by atoms with Gasteiger partial charge in [0.1, 0.15) is 12.2 Å². The van der Waals surface area contributed by atoms with E-state index in [-0.39, 0.29) is 4.21 Å². The van der Waals surface area contributed by atoms with Crippen LogP contribution in [0.15, 0.2) is 16.7 Å². The summed E-state index contributed by atoms with van der Waals surface area (Å²) >= 11 is 1.16. The number of H-pyrrole nitrogens is 1. The Labute approximate surface area is 109 Å². The molecule has 2 aromatic heterocycles. The van der Waals surface area contributed by atoms with E-state index < -0.39 is 10.0 Å². The van der Waals surface area contributed by atoms with Crippen LogP contribution in [0.3, 0.4) is 0 Å². The zero-order valence-corrected chi connectivity index (χ0v) is 11.4. The number of thiazole rings is 1. The van der Waals surface area contributed by atoms with Gasteiger partial charge in [-0.25, -0.2) is 23.1 Å². The van der Waals surface area contributed by atoms with E-state index in [0.717, 1.165) is 22.2 Å². The molecule has 0 aliphatic carbocycles. The number of sulfonamides is 1. The third kappa shape index (κ3) is 3.34. The van der Waals surface area contributed by atoms with Crippen LogP contribution in [0.1, 0.15) is 17.3 Å². The largest absolute Gasteiger partial charge is 0.263 e. The Kier molecular flexibility index (Phi) is 4.04. The molecule has 9 heteroatoms. The smallest absolute Gasteiger partial charge is 0.251 e. The van der Waals surface area contributed by atoms with Crippen LogP contribution in [0.5, 0.6) is 0 Å². The molecule has 0 aromatic carbocycles. The molecular weight excluding hydrogens is 274 g/mol. The fourth-order valence-corrected chi connectivity index (χ4v) is 3.58. The highest BCUT2D eigenvalue weighted by molar-refractivity contribution is 7.91. The number of aromatic amines is 1. The minimum Gasteiger partial charge on any atom is -0.263 e.